The molecule has 1 aliphatic rings. The summed E-state index contributed by atoms with van der Waals surface area (Å²) in [7, 11) is -3.69. The first-order chi connectivity index (χ1) is 18.6. The summed E-state index contributed by atoms with van der Waals surface area (Å²) >= 11 is 0. The van der Waals surface area contributed by atoms with Gasteiger partial charge in [-0.05, 0) is 44.0 Å². The molecule has 0 saturated carbocycles. The Labute approximate surface area is 224 Å². The molecule has 39 heavy (non-hydrogen) atoms. The van der Waals surface area contributed by atoms with Crippen LogP contribution in [0.15, 0.2) is 57.9 Å². The molecule has 2 aromatic carbocycles. The van der Waals surface area contributed by atoms with Crippen molar-refractivity contribution >= 4 is 26.9 Å². The Morgan fingerprint density at radius 2 is 1.77 bits per heavy atom. The van der Waals surface area contributed by atoms with E-state index in [4.69, 9.17) is 9.51 Å². The van der Waals surface area contributed by atoms with Gasteiger partial charge in [0, 0.05) is 38.2 Å². The lowest BCUT2D eigenvalue weighted by molar-refractivity contribution is -0.137. The maximum absolute atomic E-state index is 13.4. The van der Waals surface area contributed by atoms with Crippen LogP contribution in [0.3, 0.4) is 0 Å². The zero-order valence-electron chi connectivity index (χ0n) is 21.6. The molecule has 1 saturated heterocycles. The van der Waals surface area contributed by atoms with Crippen LogP contribution in [0, 0.1) is 6.92 Å². The van der Waals surface area contributed by atoms with E-state index in [9.17, 15) is 21.6 Å². The maximum Gasteiger partial charge on any atom is 0.416 e. The Bertz CT molecular complexity index is 1590. The van der Waals surface area contributed by atoms with Gasteiger partial charge >= 0.3 is 6.18 Å². The minimum absolute atomic E-state index is 0.184. The number of alkyl halides is 3. The molecule has 0 amide bonds. The molecular formula is C27H28F3N5O3S. The highest BCUT2D eigenvalue weighted by Crippen LogP contribution is 2.37. The first-order valence-corrected chi connectivity index (χ1v) is 14.2. The molecule has 2 aromatic heterocycles. The topological polar surface area (TPSA) is 92.4 Å². The molecule has 8 nitrogen and oxygen atoms in total. The molecule has 12 heteroatoms. The molecule has 1 fully saturated rings. The van der Waals surface area contributed by atoms with E-state index in [-0.39, 0.29) is 28.4 Å². The van der Waals surface area contributed by atoms with Gasteiger partial charge in [-0.1, -0.05) is 41.9 Å². The van der Waals surface area contributed by atoms with Crippen molar-refractivity contribution in [3.63, 3.8) is 0 Å². The SMILES string of the molecule is CCCc1nc(N2CCCN(S(=O)(=O)c3ccc(C)cc3)CC2)c2c(-c3cccc(C(F)(F)F)c3)noc2n1. The molecule has 0 spiro atoms. The van der Waals surface area contributed by atoms with Gasteiger partial charge in [0.25, 0.3) is 5.71 Å². The summed E-state index contributed by atoms with van der Waals surface area (Å²) in [5.74, 6) is 1.01. The van der Waals surface area contributed by atoms with Crippen molar-refractivity contribution in [2.45, 2.75) is 44.2 Å². The van der Waals surface area contributed by atoms with E-state index in [0.29, 0.717) is 49.5 Å². The zero-order chi connectivity index (χ0) is 27.8. The molecule has 0 bridgehead atoms. The van der Waals surface area contributed by atoms with Crippen molar-refractivity contribution in [1.82, 2.24) is 19.4 Å². The number of nitrogens with zero attached hydrogens (tertiary/aromatic N) is 5. The average Bonchev–Trinajstić information content (AvgIpc) is 3.16. The van der Waals surface area contributed by atoms with E-state index < -0.39 is 21.8 Å². The molecule has 0 unspecified atom stereocenters. The fourth-order valence-corrected chi connectivity index (χ4v) is 6.16. The number of sulfonamides is 1. The van der Waals surface area contributed by atoms with Crippen LogP contribution >= 0.6 is 0 Å². The van der Waals surface area contributed by atoms with Crippen molar-refractivity contribution in [2.75, 3.05) is 31.1 Å². The average molecular weight is 560 g/mol. The second kappa shape index (κ2) is 10.6. The molecule has 5 rings (SSSR count). The van der Waals surface area contributed by atoms with Crippen LogP contribution in [0.25, 0.3) is 22.4 Å². The van der Waals surface area contributed by atoms with Crippen LogP contribution in [0.4, 0.5) is 19.0 Å². The largest absolute Gasteiger partial charge is 0.416 e. The lowest BCUT2D eigenvalue weighted by atomic mass is 10.1. The third-order valence-corrected chi connectivity index (χ3v) is 8.63. The second-order valence-corrected chi connectivity index (χ2v) is 11.5. The summed E-state index contributed by atoms with van der Waals surface area (Å²) in [5, 5.41) is 4.50. The minimum atomic E-state index is -4.51. The van der Waals surface area contributed by atoms with E-state index in [0.717, 1.165) is 24.1 Å². The van der Waals surface area contributed by atoms with Gasteiger partial charge in [-0.3, -0.25) is 0 Å². The van der Waals surface area contributed by atoms with Gasteiger partial charge in [0.05, 0.1) is 10.5 Å². The number of aromatic nitrogens is 3. The first kappa shape index (κ1) is 27.1. The van der Waals surface area contributed by atoms with Gasteiger partial charge in [-0.2, -0.15) is 22.5 Å². The minimum Gasteiger partial charge on any atom is -0.354 e. The summed E-state index contributed by atoms with van der Waals surface area (Å²) in [6, 6.07) is 11.6. The highest BCUT2D eigenvalue weighted by Gasteiger charge is 2.32. The second-order valence-electron chi connectivity index (χ2n) is 9.56. The zero-order valence-corrected chi connectivity index (χ0v) is 22.4. The number of hydrogen-bond acceptors (Lipinski definition) is 7. The molecule has 1 aliphatic heterocycles. The highest BCUT2D eigenvalue weighted by atomic mass is 32.2. The lowest BCUT2D eigenvalue weighted by Crippen LogP contribution is -2.35. The standard InChI is InChI=1S/C27H28F3N5O3S/c1-3-6-22-31-25(23-24(33-38-26(23)32-22)19-7-4-8-20(17-19)27(28,29)30)34-13-5-14-35(16-15-34)39(36,37)21-11-9-18(2)10-12-21/h4,7-12,17H,3,5-6,13-16H2,1-2H3. The van der Waals surface area contributed by atoms with Crippen molar-refractivity contribution < 1.29 is 26.1 Å². The van der Waals surface area contributed by atoms with E-state index in [2.05, 4.69) is 10.1 Å². The van der Waals surface area contributed by atoms with Crippen molar-refractivity contribution in [2.24, 2.45) is 0 Å². The normalized spacial score (nSPS) is 15.6. The Morgan fingerprint density at radius 3 is 2.49 bits per heavy atom. The molecule has 206 valence electrons. The number of aryl methyl sites for hydroxylation is 2. The predicted octanol–water partition coefficient (Wildman–Crippen LogP) is 5.47. The third-order valence-electron chi connectivity index (χ3n) is 6.71. The lowest BCUT2D eigenvalue weighted by Gasteiger charge is -2.23. The summed E-state index contributed by atoms with van der Waals surface area (Å²) in [6.07, 6.45) is -2.63. The molecule has 3 heterocycles. The van der Waals surface area contributed by atoms with E-state index in [1.54, 1.807) is 24.3 Å². The Hall–Kier alpha value is -3.51. The predicted molar refractivity (Wildman–Crippen MR) is 141 cm³/mol. The van der Waals surface area contributed by atoms with E-state index in [1.165, 1.54) is 16.4 Å². The van der Waals surface area contributed by atoms with Gasteiger partial charge in [-0.25, -0.2) is 13.4 Å². The summed E-state index contributed by atoms with van der Waals surface area (Å²) in [6.45, 7) is 5.25. The molecule has 0 radical (unpaired) electrons. The number of hydrogen-bond donors (Lipinski definition) is 0. The smallest absolute Gasteiger partial charge is 0.354 e. The van der Waals surface area contributed by atoms with E-state index >= 15 is 0 Å². The van der Waals surface area contributed by atoms with Gasteiger partial charge < -0.3 is 9.42 Å². The number of halogens is 3. The van der Waals surface area contributed by atoms with Crippen molar-refractivity contribution in [3.05, 3.63) is 65.5 Å². The number of anilines is 1. The van der Waals surface area contributed by atoms with Crippen LogP contribution < -0.4 is 4.90 Å². The number of rotatable bonds is 6. The number of benzene rings is 2. The van der Waals surface area contributed by atoms with Gasteiger partial charge in [0.15, 0.2) is 0 Å². The maximum atomic E-state index is 13.4. The van der Waals surface area contributed by atoms with Gasteiger partial charge in [0.2, 0.25) is 10.0 Å². The summed E-state index contributed by atoms with van der Waals surface area (Å²) in [4.78, 5) is 11.4. The molecule has 0 atom stereocenters. The Morgan fingerprint density at radius 1 is 1.00 bits per heavy atom. The first-order valence-electron chi connectivity index (χ1n) is 12.7. The Balaban J connectivity index is 1.53. The monoisotopic (exact) mass is 559 g/mol. The highest BCUT2D eigenvalue weighted by molar-refractivity contribution is 7.89. The fourth-order valence-electron chi connectivity index (χ4n) is 4.69. The molecule has 4 aromatic rings. The summed E-state index contributed by atoms with van der Waals surface area (Å²) < 4.78 is 73.9. The molecule has 0 N–H and O–H groups in total. The van der Waals surface area contributed by atoms with Crippen LogP contribution in [0.5, 0.6) is 0 Å². The molecule has 0 aliphatic carbocycles. The van der Waals surface area contributed by atoms with E-state index in [1.807, 2.05) is 18.7 Å². The molecular weight excluding hydrogens is 531 g/mol. The van der Waals surface area contributed by atoms with Gasteiger partial charge in [0.1, 0.15) is 22.7 Å². The fraction of sp³-hybridized carbons (Fsp3) is 0.370. The number of fused-ring (bicyclic) bond motifs is 1. The van der Waals surface area contributed by atoms with Crippen LogP contribution in [0.2, 0.25) is 0 Å². The Kier molecular flexibility index (Phi) is 7.34. The third kappa shape index (κ3) is 5.48. The van der Waals surface area contributed by atoms with Crippen molar-refractivity contribution in [3.8, 4) is 11.3 Å². The van der Waals surface area contributed by atoms with Crippen LogP contribution in [0.1, 0.15) is 36.7 Å². The quantitative estimate of drug-likeness (QED) is 0.310. The van der Waals surface area contributed by atoms with Gasteiger partial charge in [-0.15, -0.1) is 0 Å². The van der Waals surface area contributed by atoms with Crippen LogP contribution in [-0.4, -0.2) is 54.0 Å². The summed E-state index contributed by atoms with van der Waals surface area (Å²) in [5.41, 5.74) is 0.798. The van der Waals surface area contributed by atoms with Crippen molar-refractivity contribution in [1.29, 1.82) is 0 Å². The van der Waals surface area contributed by atoms with Crippen LogP contribution in [-0.2, 0) is 22.6 Å².